The lowest BCUT2D eigenvalue weighted by Crippen LogP contribution is -2.31. The van der Waals surface area contributed by atoms with Gasteiger partial charge in [0.15, 0.2) is 0 Å². The van der Waals surface area contributed by atoms with E-state index in [0.29, 0.717) is 11.8 Å². The second kappa shape index (κ2) is 6.91. The van der Waals surface area contributed by atoms with Crippen LogP contribution in [0.5, 0.6) is 5.75 Å². The highest BCUT2D eigenvalue weighted by Crippen LogP contribution is 2.54. The summed E-state index contributed by atoms with van der Waals surface area (Å²) in [7, 11) is 1.73. The van der Waals surface area contributed by atoms with Crippen molar-refractivity contribution in [3.63, 3.8) is 0 Å². The van der Waals surface area contributed by atoms with Gasteiger partial charge in [-0.25, -0.2) is 0 Å². The lowest BCUT2D eigenvalue weighted by atomic mass is 9.74. The zero-order chi connectivity index (χ0) is 21.0. The quantitative estimate of drug-likeness (QED) is 0.427. The van der Waals surface area contributed by atoms with E-state index in [1.807, 2.05) is 6.07 Å². The van der Waals surface area contributed by atoms with Gasteiger partial charge < -0.3 is 15.8 Å². The smallest absolute Gasteiger partial charge is 0.122 e. The van der Waals surface area contributed by atoms with Crippen molar-refractivity contribution in [3.05, 3.63) is 93.5 Å². The van der Waals surface area contributed by atoms with Gasteiger partial charge in [0, 0.05) is 17.2 Å². The molecule has 4 N–H and O–H groups in total. The predicted octanol–water partition coefficient (Wildman–Crippen LogP) is 5.07. The Morgan fingerprint density at radius 3 is 2.57 bits per heavy atom. The maximum atomic E-state index is 7.90. The summed E-state index contributed by atoms with van der Waals surface area (Å²) in [6, 6.07) is 19.4. The molecule has 1 aliphatic heterocycles. The minimum Gasteiger partial charge on any atom is -0.496 e. The first kappa shape index (κ1) is 18.7. The number of hydrogen-bond donors (Lipinski definition) is 3. The topological polar surface area (TPSA) is 71.1 Å². The van der Waals surface area contributed by atoms with E-state index in [2.05, 4.69) is 67.7 Å². The molecule has 3 unspecified atom stereocenters. The van der Waals surface area contributed by atoms with Gasteiger partial charge in [0.2, 0.25) is 0 Å². The number of rotatable bonds is 3. The molecule has 30 heavy (non-hydrogen) atoms. The molecule has 0 radical (unpaired) electrons. The monoisotopic (exact) mass is 397 g/mol. The number of ether oxygens (including phenoxy) is 1. The lowest BCUT2D eigenvalue weighted by Gasteiger charge is -2.39. The highest BCUT2D eigenvalue weighted by Gasteiger charge is 2.43. The number of benzene rings is 3. The fraction of sp³-hybridized carbons (Fsp3) is 0.269. The van der Waals surface area contributed by atoms with Crippen molar-refractivity contribution in [2.75, 3.05) is 12.4 Å². The summed E-state index contributed by atoms with van der Waals surface area (Å²) in [5.41, 5.74) is 15.6. The average Bonchev–Trinajstić information content (AvgIpc) is 3.15. The first-order valence-electron chi connectivity index (χ1n) is 10.5. The van der Waals surface area contributed by atoms with Crippen molar-refractivity contribution in [2.24, 2.45) is 11.7 Å². The summed E-state index contributed by atoms with van der Waals surface area (Å²) < 4.78 is 5.54. The molecule has 5 rings (SSSR count). The number of hydrogen-bond acceptors (Lipinski definition) is 3. The molecule has 0 amide bonds. The highest BCUT2D eigenvalue weighted by atomic mass is 16.5. The number of amidine groups is 1. The lowest BCUT2D eigenvalue weighted by molar-refractivity contribution is 0.406. The maximum absolute atomic E-state index is 7.90. The fourth-order valence-electron chi connectivity index (χ4n) is 5.41. The van der Waals surface area contributed by atoms with Gasteiger partial charge in [-0.1, -0.05) is 30.3 Å². The van der Waals surface area contributed by atoms with Gasteiger partial charge in [-0.05, 0) is 83.8 Å². The van der Waals surface area contributed by atoms with Crippen LogP contribution >= 0.6 is 0 Å². The molecule has 0 saturated carbocycles. The van der Waals surface area contributed by atoms with Crippen LogP contribution in [0.15, 0.2) is 54.6 Å². The van der Waals surface area contributed by atoms with E-state index in [4.69, 9.17) is 15.9 Å². The van der Waals surface area contributed by atoms with Gasteiger partial charge in [-0.3, -0.25) is 5.41 Å². The van der Waals surface area contributed by atoms with Crippen LogP contribution in [0.3, 0.4) is 0 Å². The predicted molar refractivity (Wildman–Crippen MR) is 122 cm³/mol. The van der Waals surface area contributed by atoms with E-state index in [0.717, 1.165) is 23.4 Å². The van der Waals surface area contributed by atoms with Crippen molar-refractivity contribution >= 4 is 11.5 Å². The molecule has 1 heterocycles. The Morgan fingerprint density at radius 2 is 1.80 bits per heavy atom. The largest absolute Gasteiger partial charge is 0.496 e. The van der Waals surface area contributed by atoms with Gasteiger partial charge in [0.1, 0.15) is 11.6 Å². The Kier molecular flexibility index (Phi) is 4.31. The average molecular weight is 398 g/mol. The fourth-order valence-corrected chi connectivity index (χ4v) is 5.41. The summed E-state index contributed by atoms with van der Waals surface area (Å²) in [4.78, 5) is 0. The Morgan fingerprint density at radius 1 is 1.00 bits per heavy atom. The van der Waals surface area contributed by atoms with Crippen LogP contribution < -0.4 is 15.8 Å². The van der Waals surface area contributed by atoms with Crippen molar-refractivity contribution in [1.29, 1.82) is 5.41 Å². The standard InChI is InChI=1S/C26H27N3O/c1-14-15(2)23(30-3)11-9-18(14)25-21-12-16-6-4-5-7-19(16)24(21)20-13-17(26(27)28)8-10-22(20)29-25/h4-11,13,21,24-25,29H,12H2,1-3H3,(H3,27,28). The molecule has 152 valence electrons. The molecule has 4 nitrogen and oxygen atoms in total. The third-order valence-electron chi connectivity index (χ3n) is 7.05. The van der Waals surface area contributed by atoms with Crippen molar-refractivity contribution in [1.82, 2.24) is 0 Å². The molecular formula is C26H27N3O. The number of anilines is 1. The molecule has 4 heteroatoms. The summed E-state index contributed by atoms with van der Waals surface area (Å²) in [6.45, 7) is 4.33. The Balaban J connectivity index is 1.69. The molecule has 3 aromatic carbocycles. The molecule has 2 aliphatic rings. The maximum Gasteiger partial charge on any atom is 0.122 e. The summed E-state index contributed by atoms with van der Waals surface area (Å²) in [6.07, 6.45) is 1.03. The highest BCUT2D eigenvalue weighted by molar-refractivity contribution is 5.95. The van der Waals surface area contributed by atoms with E-state index in [1.54, 1.807) is 7.11 Å². The SMILES string of the molecule is COc1ccc(C2Nc3ccc(C(=N)N)cc3C3c4ccccc4CC23)c(C)c1C. The number of methoxy groups -OCH3 is 1. The Bertz CT molecular complexity index is 1170. The number of nitrogen functional groups attached to an aromatic ring is 1. The zero-order valence-electron chi connectivity index (χ0n) is 17.6. The second-order valence-corrected chi connectivity index (χ2v) is 8.49. The van der Waals surface area contributed by atoms with Gasteiger partial charge >= 0.3 is 0 Å². The molecule has 0 saturated heterocycles. The van der Waals surface area contributed by atoms with Crippen LogP contribution in [0.2, 0.25) is 0 Å². The second-order valence-electron chi connectivity index (χ2n) is 8.49. The van der Waals surface area contributed by atoms with Crippen molar-refractivity contribution < 1.29 is 4.74 Å². The van der Waals surface area contributed by atoms with Gasteiger partial charge in [-0.15, -0.1) is 0 Å². The van der Waals surface area contributed by atoms with E-state index < -0.39 is 0 Å². The molecule has 0 fully saturated rings. The zero-order valence-corrected chi connectivity index (χ0v) is 17.6. The summed E-state index contributed by atoms with van der Waals surface area (Å²) in [5, 5.41) is 11.7. The van der Waals surface area contributed by atoms with E-state index in [1.165, 1.54) is 33.4 Å². The van der Waals surface area contributed by atoms with Gasteiger partial charge in [0.05, 0.1) is 13.2 Å². The van der Waals surface area contributed by atoms with Crippen LogP contribution in [0.1, 0.15) is 50.9 Å². The third kappa shape index (κ3) is 2.71. The van der Waals surface area contributed by atoms with Crippen LogP contribution in [0.4, 0.5) is 5.69 Å². The van der Waals surface area contributed by atoms with E-state index >= 15 is 0 Å². The molecule has 0 bridgehead atoms. The molecule has 3 aromatic rings. The molecule has 1 aliphatic carbocycles. The first-order valence-corrected chi connectivity index (χ1v) is 10.5. The van der Waals surface area contributed by atoms with Crippen LogP contribution in [-0.4, -0.2) is 12.9 Å². The van der Waals surface area contributed by atoms with Gasteiger partial charge in [-0.2, -0.15) is 0 Å². The third-order valence-corrected chi connectivity index (χ3v) is 7.05. The summed E-state index contributed by atoms with van der Waals surface area (Å²) in [5.74, 6) is 1.75. The van der Waals surface area contributed by atoms with Crippen molar-refractivity contribution in [2.45, 2.75) is 32.2 Å². The van der Waals surface area contributed by atoms with Crippen LogP contribution in [0.25, 0.3) is 0 Å². The summed E-state index contributed by atoms with van der Waals surface area (Å²) >= 11 is 0. The van der Waals surface area contributed by atoms with Crippen LogP contribution in [0, 0.1) is 25.2 Å². The normalized spacial score (nSPS) is 21.2. The molecule has 0 aromatic heterocycles. The minimum atomic E-state index is 0.115. The minimum absolute atomic E-state index is 0.115. The number of fused-ring (bicyclic) bond motifs is 5. The Labute approximate surface area is 177 Å². The molecule has 0 spiro atoms. The van der Waals surface area contributed by atoms with Crippen LogP contribution in [-0.2, 0) is 6.42 Å². The molecule has 3 atom stereocenters. The number of nitrogens with one attached hydrogen (secondary N) is 2. The number of nitrogens with two attached hydrogens (primary N) is 1. The van der Waals surface area contributed by atoms with E-state index in [9.17, 15) is 0 Å². The Hall–Kier alpha value is -3.27. The first-order chi connectivity index (χ1) is 14.5. The van der Waals surface area contributed by atoms with E-state index in [-0.39, 0.29) is 11.9 Å². The van der Waals surface area contributed by atoms with Crippen molar-refractivity contribution in [3.8, 4) is 5.75 Å². The van der Waals surface area contributed by atoms with Gasteiger partial charge in [0.25, 0.3) is 0 Å². The molecular weight excluding hydrogens is 370 g/mol.